The second kappa shape index (κ2) is 7.18. The first kappa shape index (κ1) is 16.1. The monoisotopic (exact) mass is 335 g/mol. The van der Waals surface area contributed by atoms with Gasteiger partial charge in [-0.2, -0.15) is 0 Å². The molecule has 2 N–H and O–H groups in total. The molecule has 0 saturated heterocycles. The van der Waals surface area contributed by atoms with Crippen molar-refractivity contribution in [1.29, 1.82) is 0 Å². The van der Waals surface area contributed by atoms with Crippen LogP contribution in [0, 0.1) is 10.1 Å². The number of nitro groups is 1. The van der Waals surface area contributed by atoms with Crippen LogP contribution in [0.3, 0.4) is 0 Å². The molecule has 1 amide bonds. The molecular weight excluding hydrogens is 322 g/mol. The third-order valence-electron chi connectivity index (χ3n) is 3.28. The summed E-state index contributed by atoms with van der Waals surface area (Å²) in [5.41, 5.74) is 2.37. The minimum Gasteiger partial charge on any atom is -0.358 e. The SMILES string of the molecule is O=C(Nc1cccc(Nc2ccncc2)c1)c1ccnc([N+](=O)[O-])c1. The Kier molecular flexibility index (Phi) is 4.61. The zero-order valence-corrected chi connectivity index (χ0v) is 12.9. The van der Waals surface area contributed by atoms with Gasteiger partial charge in [0.15, 0.2) is 0 Å². The van der Waals surface area contributed by atoms with Crippen LogP contribution in [0.25, 0.3) is 0 Å². The van der Waals surface area contributed by atoms with Crippen molar-refractivity contribution in [2.75, 3.05) is 10.6 Å². The summed E-state index contributed by atoms with van der Waals surface area (Å²) in [5, 5.41) is 16.7. The van der Waals surface area contributed by atoms with Gasteiger partial charge in [-0.15, -0.1) is 0 Å². The molecule has 1 aromatic carbocycles. The van der Waals surface area contributed by atoms with Crippen molar-refractivity contribution in [3.63, 3.8) is 0 Å². The van der Waals surface area contributed by atoms with Gasteiger partial charge in [0.05, 0.1) is 5.56 Å². The Balaban J connectivity index is 1.74. The highest BCUT2D eigenvalue weighted by Crippen LogP contribution is 2.20. The van der Waals surface area contributed by atoms with Gasteiger partial charge in [-0.25, -0.2) is 0 Å². The van der Waals surface area contributed by atoms with Crippen molar-refractivity contribution in [1.82, 2.24) is 9.97 Å². The van der Waals surface area contributed by atoms with E-state index in [1.807, 2.05) is 18.2 Å². The molecule has 0 radical (unpaired) electrons. The zero-order valence-electron chi connectivity index (χ0n) is 12.9. The standard InChI is InChI=1S/C17H13N5O3/c23-17(12-4-9-19-16(10-12)22(24)25)21-15-3-1-2-14(11-15)20-13-5-7-18-8-6-13/h1-11H,(H,18,20)(H,21,23). The second-order valence-corrected chi connectivity index (χ2v) is 5.06. The molecule has 2 heterocycles. The van der Waals surface area contributed by atoms with Crippen molar-refractivity contribution < 1.29 is 9.72 Å². The van der Waals surface area contributed by atoms with E-state index in [0.717, 1.165) is 17.4 Å². The molecule has 0 atom stereocenters. The molecule has 2 aromatic heterocycles. The Morgan fingerprint density at radius 1 is 0.960 bits per heavy atom. The third-order valence-corrected chi connectivity index (χ3v) is 3.28. The quantitative estimate of drug-likeness (QED) is 0.546. The predicted octanol–water partition coefficient (Wildman–Crippen LogP) is 3.38. The van der Waals surface area contributed by atoms with E-state index in [4.69, 9.17) is 0 Å². The normalized spacial score (nSPS) is 10.1. The third kappa shape index (κ3) is 4.14. The van der Waals surface area contributed by atoms with Gasteiger partial charge in [-0.05, 0) is 46.3 Å². The minimum absolute atomic E-state index is 0.161. The van der Waals surface area contributed by atoms with Gasteiger partial charge in [-0.1, -0.05) is 6.07 Å². The van der Waals surface area contributed by atoms with E-state index >= 15 is 0 Å². The largest absolute Gasteiger partial charge is 0.364 e. The number of aromatic nitrogens is 2. The molecule has 0 fully saturated rings. The molecule has 0 unspecified atom stereocenters. The van der Waals surface area contributed by atoms with Crippen LogP contribution in [-0.2, 0) is 0 Å². The lowest BCUT2D eigenvalue weighted by Crippen LogP contribution is -2.12. The lowest BCUT2D eigenvalue weighted by molar-refractivity contribution is -0.389. The first-order chi connectivity index (χ1) is 12.1. The minimum atomic E-state index is -0.643. The van der Waals surface area contributed by atoms with Gasteiger partial charge >= 0.3 is 5.82 Å². The first-order valence-electron chi connectivity index (χ1n) is 7.31. The molecule has 3 rings (SSSR count). The maximum absolute atomic E-state index is 12.3. The lowest BCUT2D eigenvalue weighted by atomic mass is 10.2. The number of carbonyl (C=O) groups is 1. The molecule has 25 heavy (non-hydrogen) atoms. The van der Waals surface area contributed by atoms with Crippen LogP contribution < -0.4 is 10.6 Å². The highest BCUT2D eigenvalue weighted by atomic mass is 16.6. The van der Waals surface area contributed by atoms with Gasteiger partial charge in [0, 0.05) is 35.5 Å². The second-order valence-electron chi connectivity index (χ2n) is 5.06. The van der Waals surface area contributed by atoms with E-state index < -0.39 is 10.8 Å². The summed E-state index contributed by atoms with van der Waals surface area (Å²) in [7, 11) is 0. The van der Waals surface area contributed by atoms with Crippen LogP contribution in [0.5, 0.6) is 0 Å². The van der Waals surface area contributed by atoms with Crippen LogP contribution in [0.2, 0.25) is 0 Å². The number of nitrogens with one attached hydrogen (secondary N) is 2. The van der Waals surface area contributed by atoms with Crippen LogP contribution >= 0.6 is 0 Å². The highest BCUT2D eigenvalue weighted by Gasteiger charge is 2.13. The van der Waals surface area contributed by atoms with E-state index in [1.54, 1.807) is 30.6 Å². The van der Waals surface area contributed by atoms with Crippen LogP contribution in [0.1, 0.15) is 10.4 Å². The number of hydrogen-bond donors (Lipinski definition) is 2. The molecule has 3 aromatic rings. The number of amides is 1. The Morgan fingerprint density at radius 2 is 1.72 bits per heavy atom. The fraction of sp³-hybridized carbons (Fsp3) is 0. The highest BCUT2D eigenvalue weighted by molar-refractivity contribution is 6.04. The maximum atomic E-state index is 12.3. The molecule has 0 bridgehead atoms. The average molecular weight is 335 g/mol. The van der Waals surface area contributed by atoms with Crippen LogP contribution in [-0.4, -0.2) is 20.8 Å². The van der Waals surface area contributed by atoms with Gasteiger partial charge in [0.25, 0.3) is 5.91 Å². The number of anilines is 3. The van der Waals surface area contributed by atoms with E-state index in [9.17, 15) is 14.9 Å². The van der Waals surface area contributed by atoms with E-state index in [2.05, 4.69) is 20.6 Å². The van der Waals surface area contributed by atoms with Crippen molar-refractivity contribution in [3.05, 3.63) is 82.8 Å². The van der Waals surface area contributed by atoms with E-state index in [0.29, 0.717) is 5.69 Å². The topological polar surface area (TPSA) is 110 Å². The number of pyridine rings is 2. The van der Waals surface area contributed by atoms with Crippen molar-refractivity contribution in [2.24, 2.45) is 0 Å². The summed E-state index contributed by atoms with van der Waals surface area (Å²) in [4.78, 5) is 29.9. The van der Waals surface area contributed by atoms with E-state index in [-0.39, 0.29) is 11.4 Å². The predicted molar refractivity (Wildman–Crippen MR) is 92.8 cm³/mol. The summed E-state index contributed by atoms with van der Waals surface area (Å²) in [5.74, 6) is -0.827. The molecule has 8 heteroatoms. The molecule has 0 spiro atoms. The van der Waals surface area contributed by atoms with Crippen molar-refractivity contribution in [2.45, 2.75) is 0 Å². The van der Waals surface area contributed by atoms with Gasteiger partial charge in [0.2, 0.25) is 0 Å². The Labute approximate surface area is 142 Å². The number of hydrogen-bond acceptors (Lipinski definition) is 6. The van der Waals surface area contributed by atoms with Crippen LogP contribution in [0.15, 0.2) is 67.1 Å². The Hall–Kier alpha value is -3.81. The molecule has 8 nitrogen and oxygen atoms in total. The Morgan fingerprint density at radius 3 is 2.48 bits per heavy atom. The summed E-state index contributed by atoms with van der Waals surface area (Å²) < 4.78 is 0. The summed E-state index contributed by atoms with van der Waals surface area (Å²) >= 11 is 0. The van der Waals surface area contributed by atoms with E-state index in [1.165, 1.54) is 12.3 Å². The van der Waals surface area contributed by atoms with Gasteiger partial charge in [-0.3, -0.25) is 9.78 Å². The summed E-state index contributed by atoms with van der Waals surface area (Å²) in [6.45, 7) is 0. The fourth-order valence-electron chi connectivity index (χ4n) is 2.14. The molecular formula is C17H13N5O3. The number of carbonyl (C=O) groups excluding carboxylic acids is 1. The molecule has 0 aliphatic carbocycles. The summed E-state index contributed by atoms with van der Waals surface area (Å²) in [6, 6.07) is 13.3. The lowest BCUT2D eigenvalue weighted by Gasteiger charge is -2.09. The smallest absolute Gasteiger partial charge is 0.358 e. The number of benzene rings is 1. The molecule has 0 aliphatic heterocycles. The van der Waals surface area contributed by atoms with Crippen LogP contribution in [0.4, 0.5) is 22.9 Å². The zero-order chi connectivity index (χ0) is 17.6. The fourth-order valence-corrected chi connectivity index (χ4v) is 2.14. The first-order valence-corrected chi connectivity index (χ1v) is 7.31. The Bertz CT molecular complexity index is 915. The maximum Gasteiger partial charge on any atom is 0.364 e. The molecule has 0 saturated carbocycles. The number of nitrogens with zero attached hydrogens (tertiary/aromatic N) is 3. The summed E-state index contributed by atoms with van der Waals surface area (Å²) in [6.07, 6.45) is 4.57. The van der Waals surface area contributed by atoms with Gasteiger partial charge < -0.3 is 20.7 Å². The van der Waals surface area contributed by atoms with Gasteiger partial charge in [0.1, 0.15) is 6.20 Å². The molecule has 0 aliphatic rings. The van der Waals surface area contributed by atoms with Crippen molar-refractivity contribution >= 4 is 28.8 Å². The average Bonchev–Trinajstić information content (AvgIpc) is 2.63. The van der Waals surface area contributed by atoms with Crippen molar-refractivity contribution in [3.8, 4) is 0 Å². The number of rotatable bonds is 5. The molecule has 124 valence electrons.